The van der Waals surface area contributed by atoms with Crippen LogP contribution in [0.2, 0.25) is 0 Å². The third-order valence-electron chi connectivity index (χ3n) is 3.45. The normalized spacial score (nSPS) is 13.5. The Morgan fingerprint density at radius 3 is 2.64 bits per heavy atom. The van der Waals surface area contributed by atoms with Crippen molar-refractivity contribution in [1.29, 1.82) is 0 Å². The predicted molar refractivity (Wildman–Crippen MR) is 80.1 cm³/mol. The van der Waals surface area contributed by atoms with Crippen molar-refractivity contribution in [2.45, 2.75) is 25.4 Å². The molecule has 0 saturated carbocycles. The molecule has 116 valence electrons. The minimum Gasteiger partial charge on any atom is -0.388 e. The van der Waals surface area contributed by atoms with Crippen molar-refractivity contribution in [3.8, 4) is 0 Å². The second kappa shape index (κ2) is 6.40. The highest BCUT2D eigenvalue weighted by atomic mass is 16.3. The fourth-order valence-electron chi connectivity index (χ4n) is 2.20. The molecule has 1 aromatic heterocycles. The van der Waals surface area contributed by atoms with Crippen molar-refractivity contribution in [3.63, 3.8) is 0 Å². The topological polar surface area (TPSA) is 135 Å². The molecule has 7 heteroatoms. The number of aliphatic hydroxyl groups is 1. The van der Waals surface area contributed by atoms with Crippen LogP contribution in [-0.4, -0.2) is 26.9 Å². The van der Waals surface area contributed by atoms with E-state index in [2.05, 4.69) is 9.97 Å². The summed E-state index contributed by atoms with van der Waals surface area (Å²) in [7, 11) is 0. The molecule has 6 N–H and O–H groups in total. The smallest absolute Gasteiger partial charge is 0.268 e. The summed E-state index contributed by atoms with van der Waals surface area (Å²) in [5.41, 5.74) is 11.5. The molecule has 0 aliphatic rings. The van der Waals surface area contributed by atoms with Crippen LogP contribution in [0.25, 0.3) is 0 Å². The maximum Gasteiger partial charge on any atom is 0.268 e. The number of hydrogen-bond donors (Lipinski definition) is 4. The summed E-state index contributed by atoms with van der Waals surface area (Å²) in [6, 6.07) is 6.55. The van der Waals surface area contributed by atoms with Crippen molar-refractivity contribution in [2.24, 2.45) is 11.5 Å². The summed E-state index contributed by atoms with van der Waals surface area (Å²) in [6.45, 7) is 1.87. The predicted octanol–water partition coefficient (Wildman–Crippen LogP) is 0.835. The number of nitrogens with one attached hydrogen (secondary N) is 1. The lowest BCUT2D eigenvalue weighted by Gasteiger charge is -2.15. The molecule has 7 nitrogen and oxygen atoms in total. The lowest BCUT2D eigenvalue weighted by molar-refractivity contribution is 0.0989. The van der Waals surface area contributed by atoms with Gasteiger partial charge in [-0.3, -0.25) is 9.59 Å². The number of carbonyl (C=O) groups excluding carboxylic acids is 2. The third-order valence-corrected chi connectivity index (χ3v) is 3.45. The SMILES string of the molecule is CC(CC(O)c1cccc(C(N)=O)c1)c1nc(C(N)=O)c[nH]1. The first-order valence-corrected chi connectivity index (χ1v) is 6.81. The molecule has 0 fully saturated rings. The first-order chi connectivity index (χ1) is 10.4. The van der Waals surface area contributed by atoms with Gasteiger partial charge in [-0.25, -0.2) is 4.98 Å². The van der Waals surface area contributed by atoms with Gasteiger partial charge in [0.2, 0.25) is 5.91 Å². The molecule has 2 amide bonds. The van der Waals surface area contributed by atoms with Gasteiger partial charge in [0.15, 0.2) is 0 Å². The van der Waals surface area contributed by atoms with Gasteiger partial charge in [0.1, 0.15) is 11.5 Å². The van der Waals surface area contributed by atoms with Crippen molar-refractivity contribution in [2.75, 3.05) is 0 Å². The number of aromatic amines is 1. The van der Waals surface area contributed by atoms with Crippen molar-refractivity contribution in [3.05, 3.63) is 53.1 Å². The highest BCUT2D eigenvalue weighted by Crippen LogP contribution is 2.26. The molecule has 2 rings (SSSR count). The van der Waals surface area contributed by atoms with Gasteiger partial charge in [-0.2, -0.15) is 0 Å². The number of H-pyrrole nitrogens is 1. The van der Waals surface area contributed by atoms with Gasteiger partial charge in [-0.05, 0) is 24.1 Å². The average Bonchev–Trinajstić information content (AvgIpc) is 2.97. The quantitative estimate of drug-likeness (QED) is 0.628. The molecule has 0 radical (unpaired) electrons. The number of primary amides is 2. The first kappa shape index (κ1) is 15.7. The maximum absolute atomic E-state index is 11.2. The Morgan fingerprint density at radius 2 is 2.05 bits per heavy atom. The van der Waals surface area contributed by atoms with E-state index in [1.165, 1.54) is 6.20 Å². The van der Waals surface area contributed by atoms with Crippen molar-refractivity contribution in [1.82, 2.24) is 9.97 Å². The molecule has 0 aliphatic heterocycles. The van der Waals surface area contributed by atoms with E-state index in [4.69, 9.17) is 11.5 Å². The summed E-state index contributed by atoms with van der Waals surface area (Å²) in [6.07, 6.45) is 1.03. The number of nitrogens with zero attached hydrogens (tertiary/aromatic N) is 1. The van der Waals surface area contributed by atoms with Gasteiger partial charge in [-0.1, -0.05) is 19.1 Å². The van der Waals surface area contributed by atoms with E-state index in [0.717, 1.165) is 0 Å². The second-order valence-electron chi connectivity index (χ2n) is 5.18. The number of aliphatic hydroxyl groups excluding tert-OH is 1. The molecule has 2 atom stereocenters. The van der Waals surface area contributed by atoms with Gasteiger partial charge in [0, 0.05) is 17.7 Å². The minimum absolute atomic E-state index is 0.125. The van der Waals surface area contributed by atoms with E-state index >= 15 is 0 Å². The molecule has 0 saturated heterocycles. The van der Waals surface area contributed by atoms with E-state index in [0.29, 0.717) is 23.4 Å². The van der Waals surface area contributed by atoms with E-state index in [1.54, 1.807) is 24.3 Å². The molecule has 0 aliphatic carbocycles. The number of aromatic nitrogens is 2. The fourth-order valence-corrected chi connectivity index (χ4v) is 2.20. The zero-order valence-electron chi connectivity index (χ0n) is 12.1. The molecule has 2 aromatic rings. The molecular weight excluding hydrogens is 284 g/mol. The van der Waals surface area contributed by atoms with Crippen molar-refractivity contribution >= 4 is 11.8 Å². The third kappa shape index (κ3) is 3.50. The standard InChI is InChI=1S/C15H18N4O3/c1-8(15-18-7-11(19-15)14(17)22)5-12(20)9-3-2-4-10(6-9)13(16)21/h2-4,6-8,12,20H,5H2,1H3,(H2,16,21)(H2,17,22)(H,18,19). The van der Waals surface area contributed by atoms with Crippen LogP contribution in [0.1, 0.15) is 57.6 Å². The van der Waals surface area contributed by atoms with Crippen LogP contribution in [0, 0.1) is 0 Å². The molecule has 2 unspecified atom stereocenters. The van der Waals surface area contributed by atoms with Crippen LogP contribution < -0.4 is 11.5 Å². The summed E-state index contributed by atoms with van der Waals surface area (Å²) in [5.74, 6) is -0.706. The van der Waals surface area contributed by atoms with Crippen LogP contribution >= 0.6 is 0 Å². The lowest BCUT2D eigenvalue weighted by atomic mass is 9.96. The van der Waals surface area contributed by atoms with Crippen LogP contribution in [0.3, 0.4) is 0 Å². The highest BCUT2D eigenvalue weighted by molar-refractivity contribution is 5.92. The Balaban J connectivity index is 2.10. The minimum atomic E-state index is -0.781. The fraction of sp³-hybridized carbons (Fsp3) is 0.267. The second-order valence-corrected chi connectivity index (χ2v) is 5.18. The molecule has 0 bridgehead atoms. The number of amides is 2. The number of imidazole rings is 1. The van der Waals surface area contributed by atoms with Gasteiger partial charge >= 0.3 is 0 Å². The summed E-state index contributed by atoms with van der Waals surface area (Å²) in [5, 5.41) is 10.3. The molecule has 0 spiro atoms. The number of rotatable bonds is 6. The monoisotopic (exact) mass is 302 g/mol. The molecular formula is C15H18N4O3. The maximum atomic E-state index is 11.2. The first-order valence-electron chi connectivity index (χ1n) is 6.81. The van der Waals surface area contributed by atoms with Crippen LogP contribution in [-0.2, 0) is 0 Å². The van der Waals surface area contributed by atoms with E-state index in [1.807, 2.05) is 6.92 Å². The van der Waals surface area contributed by atoms with Gasteiger partial charge in [-0.15, -0.1) is 0 Å². The Morgan fingerprint density at radius 1 is 1.32 bits per heavy atom. The Hall–Kier alpha value is -2.67. The average molecular weight is 302 g/mol. The molecule has 1 heterocycles. The van der Waals surface area contributed by atoms with Gasteiger partial charge in [0.25, 0.3) is 5.91 Å². The largest absolute Gasteiger partial charge is 0.388 e. The summed E-state index contributed by atoms with van der Waals surface area (Å²) >= 11 is 0. The Labute approximate surface area is 127 Å². The zero-order valence-corrected chi connectivity index (χ0v) is 12.1. The summed E-state index contributed by atoms with van der Waals surface area (Å²) in [4.78, 5) is 29.2. The number of carbonyl (C=O) groups is 2. The lowest BCUT2D eigenvalue weighted by Crippen LogP contribution is -2.12. The van der Waals surface area contributed by atoms with Gasteiger partial charge < -0.3 is 21.6 Å². The Bertz CT molecular complexity index is 696. The van der Waals surface area contributed by atoms with Crippen LogP contribution in [0.5, 0.6) is 0 Å². The zero-order chi connectivity index (χ0) is 16.3. The van der Waals surface area contributed by atoms with Crippen molar-refractivity contribution < 1.29 is 14.7 Å². The van der Waals surface area contributed by atoms with E-state index in [-0.39, 0.29) is 11.6 Å². The Kier molecular flexibility index (Phi) is 4.57. The summed E-state index contributed by atoms with van der Waals surface area (Å²) < 4.78 is 0. The van der Waals surface area contributed by atoms with E-state index < -0.39 is 17.9 Å². The van der Waals surface area contributed by atoms with Crippen LogP contribution in [0.4, 0.5) is 0 Å². The number of hydrogen-bond acceptors (Lipinski definition) is 4. The highest BCUT2D eigenvalue weighted by Gasteiger charge is 2.18. The van der Waals surface area contributed by atoms with E-state index in [9.17, 15) is 14.7 Å². The van der Waals surface area contributed by atoms with Gasteiger partial charge in [0.05, 0.1) is 6.10 Å². The molecule has 1 aromatic carbocycles. The molecule has 22 heavy (non-hydrogen) atoms. The van der Waals surface area contributed by atoms with Crippen LogP contribution in [0.15, 0.2) is 30.5 Å². The number of nitrogens with two attached hydrogens (primary N) is 2. The number of benzene rings is 1.